The van der Waals surface area contributed by atoms with Crippen molar-refractivity contribution in [3.05, 3.63) is 48.0 Å². The Kier molecular flexibility index (Phi) is 3.74. The molecule has 6 heteroatoms. The number of hydrogen-bond acceptors (Lipinski definition) is 3. The molecule has 2 aromatic rings. The van der Waals surface area contributed by atoms with E-state index in [4.69, 9.17) is 10.5 Å². The molecule has 20 heavy (non-hydrogen) atoms. The Labute approximate surface area is 114 Å². The van der Waals surface area contributed by atoms with Gasteiger partial charge in [-0.05, 0) is 30.3 Å². The third kappa shape index (κ3) is 3.14. The maximum Gasteiger partial charge on any atom is 0.416 e. The van der Waals surface area contributed by atoms with Crippen LogP contribution in [0.25, 0.3) is 0 Å². The third-order valence-electron chi connectivity index (χ3n) is 2.73. The van der Waals surface area contributed by atoms with Crippen LogP contribution in [0.1, 0.15) is 5.56 Å². The maximum atomic E-state index is 12.5. The summed E-state index contributed by atoms with van der Waals surface area (Å²) in [6.07, 6.45) is -4.40. The van der Waals surface area contributed by atoms with Crippen LogP contribution in [-0.2, 0) is 6.18 Å². The molecule has 0 unspecified atom stereocenters. The molecule has 0 fully saturated rings. The number of methoxy groups -OCH3 is 1. The Morgan fingerprint density at radius 1 is 1.10 bits per heavy atom. The van der Waals surface area contributed by atoms with Crippen LogP contribution in [0.4, 0.5) is 30.2 Å². The molecule has 0 aromatic heterocycles. The zero-order chi connectivity index (χ0) is 14.8. The van der Waals surface area contributed by atoms with Gasteiger partial charge in [-0.25, -0.2) is 0 Å². The number of halogens is 3. The van der Waals surface area contributed by atoms with Gasteiger partial charge >= 0.3 is 6.18 Å². The van der Waals surface area contributed by atoms with E-state index in [0.29, 0.717) is 17.1 Å². The van der Waals surface area contributed by atoms with E-state index in [1.54, 1.807) is 24.3 Å². The molecule has 0 radical (unpaired) electrons. The van der Waals surface area contributed by atoms with Crippen LogP contribution in [-0.4, -0.2) is 7.11 Å². The molecule has 2 aromatic carbocycles. The third-order valence-corrected chi connectivity index (χ3v) is 2.73. The summed E-state index contributed by atoms with van der Waals surface area (Å²) in [4.78, 5) is 0. The van der Waals surface area contributed by atoms with Crippen LogP contribution in [0, 0.1) is 0 Å². The van der Waals surface area contributed by atoms with E-state index in [1.165, 1.54) is 13.2 Å². The minimum Gasteiger partial charge on any atom is -0.497 e. The van der Waals surface area contributed by atoms with Crippen molar-refractivity contribution < 1.29 is 17.9 Å². The van der Waals surface area contributed by atoms with E-state index in [0.717, 1.165) is 12.1 Å². The molecule has 0 bridgehead atoms. The summed E-state index contributed by atoms with van der Waals surface area (Å²) in [7, 11) is 1.53. The molecule has 3 nitrogen and oxygen atoms in total. The van der Waals surface area contributed by atoms with E-state index in [1.807, 2.05) is 0 Å². The maximum absolute atomic E-state index is 12.5. The summed E-state index contributed by atoms with van der Waals surface area (Å²) in [6, 6.07) is 10.2. The number of benzene rings is 2. The van der Waals surface area contributed by atoms with Crippen molar-refractivity contribution in [2.24, 2.45) is 0 Å². The lowest BCUT2D eigenvalue weighted by molar-refractivity contribution is -0.137. The van der Waals surface area contributed by atoms with Gasteiger partial charge in [-0.3, -0.25) is 0 Å². The highest BCUT2D eigenvalue weighted by Crippen LogP contribution is 2.34. The van der Waals surface area contributed by atoms with Crippen molar-refractivity contribution in [1.82, 2.24) is 0 Å². The molecular weight excluding hydrogens is 269 g/mol. The van der Waals surface area contributed by atoms with E-state index >= 15 is 0 Å². The first kappa shape index (κ1) is 14.0. The summed E-state index contributed by atoms with van der Waals surface area (Å²) in [6.45, 7) is 0. The quantitative estimate of drug-likeness (QED) is 0.835. The van der Waals surface area contributed by atoms with Crippen molar-refractivity contribution >= 4 is 17.1 Å². The first-order valence-electron chi connectivity index (χ1n) is 5.78. The van der Waals surface area contributed by atoms with E-state index in [2.05, 4.69) is 5.32 Å². The van der Waals surface area contributed by atoms with Gasteiger partial charge in [0.15, 0.2) is 0 Å². The molecule has 0 saturated carbocycles. The predicted molar refractivity (Wildman–Crippen MR) is 72.1 cm³/mol. The van der Waals surface area contributed by atoms with Crippen LogP contribution in [0.3, 0.4) is 0 Å². The number of anilines is 3. The molecule has 0 amide bonds. The molecule has 0 spiro atoms. The van der Waals surface area contributed by atoms with Crippen molar-refractivity contribution in [3.8, 4) is 5.75 Å². The Balaban J connectivity index is 2.25. The van der Waals surface area contributed by atoms with Gasteiger partial charge in [0.05, 0.1) is 24.0 Å². The van der Waals surface area contributed by atoms with Gasteiger partial charge < -0.3 is 15.8 Å². The Bertz CT molecular complexity index is 612. The van der Waals surface area contributed by atoms with Crippen LogP contribution < -0.4 is 15.8 Å². The van der Waals surface area contributed by atoms with Gasteiger partial charge in [-0.2, -0.15) is 13.2 Å². The summed E-state index contributed by atoms with van der Waals surface area (Å²) in [5.74, 6) is 0.639. The van der Waals surface area contributed by atoms with Crippen LogP contribution in [0.5, 0.6) is 5.75 Å². The van der Waals surface area contributed by atoms with Crippen molar-refractivity contribution in [3.63, 3.8) is 0 Å². The van der Waals surface area contributed by atoms with Crippen molar-refractivity contribution in [2.45, 2.75) is 6.18 Å². The fraction of sp³-hybridized carbons (Fsp3) is 0.143. The second-order valence-corrected chi connectivity index (χ2v) is 4.16. The van der Waals surface area contributed by atoms with E-state index < -0.39 is 11.7 Å². The smallest absolute Gasteiger partial charge is 0.416 e. The molecule has 3 N–H and O–H groups in total. The number of alkyl halides is 3. The minimum absolute atomic E-state index is 0.0302. The van der Waals surface area contributed by atoms with Crippen LogP contribution >= 0.6 is 0 Å². The Morgan fingerprint density at radius 3 is 2.45 bits per heavy atom. The largest absolute Gasteiger partial charge is 0.497 e. The Morgan fingerprint density at radius 2 is 1.85 bits per heavy atom. The lowest BCUT2D eigenvalue weighted by atomic mass is 10.1. The number of ether oxygens (including phenoxy) is 1. The lowest BCUT2D eigenvalue weighted by Crippen LogP contribution is -2.06. The number of nitrogen functional groups attached to an aromatic ring is 1. The number of rotatable bonds is 3. The molecule has 0 heterocycles. The number of nitrogens with one attached hydrogen (secondary N) is 1. The van der Waals surface area contributed by atoms with E-state index in [9.17, 15) is 13.2 Å². The zero-order valence-electron chi connectivity index (χ0n) is 10.7. The standard InChI is InChI=1S/C14H13F3N2O/c1-20-11-4-2-3-10(8-11)19-13-6-5-9(7-12(13)18)14(15,16)17/h2-8,19H,18H2,1H3. The van der Waals surface area contributed by atoms with Crippen molar-refractivity contribution in [1.29, 1.82) is 0 Å². The van der Waals surface area contributed by atoms with E-state index in [-0.39, 0.29) is 5.69 Å². The minimum atomic E-state index is -4.40. The van der Waals surface area contributed by atoms with Crippen LogP contribution in [0.2, 0.25) is 0 Å². The Hall–Kier alpha value is -2.37. The van der Waals surface area contributed by atoms with Gasteiger partial charge in [0.25, 0.3) is 0 Å². The highest BCUT2D eigenvalue weighted by atomic mass is 19.4. The molecular formula is C14H13F3N2O. The first-order chi connectivity index (χ1) is 9.40. The lowest BCUT2D eigenvalue weighted by Gasteiger charge is -2.13. The summed E-state index contributed by atoms with van der Waals surface area (Å²) < 4.78 is 42.7. The highest BCUT2D eigenvalue weighted by Gasteiger charge is 2.30. The van der Waals surface area contributed by atoms with Crippen LogP contribution in [0.15, 0.2) is 42.5 Å². The predicted octanol–water partition coefficient (Wildman–Crippen LogP) is 4.04. The molecule has 0 aliphatic carbocycles. The van der Waals surface area contributed by atoms with Gasteiger partial charge in [0.2, 0.25) is 0 Å². The molecule has 0 saturated heterocycles. The first-order valence-corrected chi connectivity index (χ1v) is 5.78. The van der Waals surface area contributed by atoms with Gasteiger partial charge in [-0.15, -0.1) is 0 Å². The summed E-state index contributed by atoms with van der Waals surface area (Å²) in [5, 5.41) is 2.95. The number of hydrogen-bond donors (Lipinski definition) is 2. The molecule has 0 aliphatic heterocycles. The average molecular weight is 282 g/mol. The molecule has 2 rings (SSSR count). The van der Waals surface area contributed by atoms with Gasteiger partial charge in [0.1, 0.15) is 5.75 Å². The van der Waals surface area contributed by atoms with Gasteiger partial charge in [0, 0.05) is 11.8 Å². The highest BCUT2D eigenvalue weighted by molar-refractivity contribution is 5.73. The number of nitrogens with two attached hydrogens (primary N) is 1. The fourth-order valence-corrected chi connectivity index (χ4v) is 1.71. The van der Waals surface area contributed by atoms with Gasteiger partial charge in [-0.1, -0.05) is 6.07 Å². The average Bonchev–Trinajstić information content (AvgIpc) is 2.40. The summed E-state index contributed by atoms with van der Waals surface area (Å²) >= 11 is 0. The second-order valence-electron chi connectivity index (χ2n) is 4.16. The fourth-order valence-electron chi connectivity index (χ4n) is 1.71. The van der Waals surface area contributed by atoms with Crippen molar-refractivity contribution in [2.75, 3.05) is 18.2 Å². The second kappa shape index (κ2) is 5.32. The SMILES string of the molecule is COc1cccc(Nc2ccc(C(F)(F)F)cc2N)c1. The summed E-state index contributed by atoms with van der Waals surface area (Å²) in [5.41, 5.74) is 5.99. The zero-order valence-corrected chi connectivity index (χ0v) is 10.7. The molecule has 0 aliphatic rings. The molecule has 106 valence electrons. The monoisotopic (exact) mass is 282 g/mol. The topological polar surface area (TPSA) is 47.3 Å². The molecule has 0 atom stereocenters. The normalized spacial score (nSPS) is 11.2.